The second-order valence-corrected chi connectivity index (χ2v) is 6.05. The van der Waals surface area contributed by atoms with Gasteiger partial charge in [0, 0.05) is 18.7 Å². The smallest absolute Gasteiger partial charge is 0.206 e. The molecule has 2 aromatic carbocycles. The first-order valence-corrected chi connectivity index (χ1v) is 8.21. The van der Waals surface area contributed by atoms with Crippen LogP contribution in [0, 0.1) is 5.82 Å². The lowest BCUT2D eigenvalue weighted by atomic mass is 10.1. The predicted octanol–water partition coefficient (Wildman–Crippen LogP) is 4.06. The first-order chi connectivity index (χ1) is 11.7. The topological polar surface area (TPSA) is 35.9 Å². The van der Waals surface area contributed by atoms with Crippen LogP contribution in [0.25, 0.3) is 0 Å². The van der Waals surface area contributed by atoms with E-state index in [4.69, 9.17) is 4.99 Å². The summed E-state index contributed by atoms with van der Waals surface area (Å²) in [6, 6.07) is 13.8. The fraction of sp³-hybridized carbons (Fsp3) is 0.263. The van der Waals surface area contributed by atoms with Gasteiger partial charge in [0.15, 0.2) is 5.78 Å². The number of anilines is 2. The van der Waals surface area contributed by atoms with Crippen molar-refractivity contribution >= 4 is 40.1 Å². The van der Waals surface area contributed by atoms with E-state index in [1.807, 2.05) is 23.1 Å². The van der Waals surface area contributed by atoms with Gasteiger partial charge in [0.05, 0.1) is 17.9 Å². The Morgan fingerprint density at radius 2 is 1.76 bits per heavy atom. The number of hydrogen-bond acceptors (Lipinski definition) is 4. The van der Waals surface area contributed by atoms with E-state index < -0.39 is 0 Å². The number of Topliss-reactive ketones (excluding diaryl/α,β-unsaturated/α-hetero) is 1. The SMILES string of the molecule is Br.O=C(CN1C2=NCCCCN2c2ccccc21)c1ccc(F)cc1. The van der Waals surface area contributed by atoms with E-state index in [1.54, 1.807) is 0 Å². The first kappa shape index (κ1) is 17.6. The number of aliphatic imine (C=N–C) groups is 1. The number of carbonyl (C=O) groups excluding carboxylic acids is 1. The number of halogens is 2. The second-order valence-electron chi connectivity index (χ2n) is 6.05. The molecule has 0 aliphatic carbocycles. The van der Waals surface area contributed by atoms with Gasteiger partial charge in [-0.1, -0.05) is 12.1 Å². The van der Waals surface area contributed by atoms with Crippen LogP contribution in [0.4, 0.5) is 15.8 Å². The van der Waals surface area contributed by atoms with Crippen LogP contribution in [0.1, 0.15) is 23.2 Å². The van der Waals surface area contributed by atoms with Gasteiger partial charge in [-0.15, -0.1) is 17.0 Å². The van der Waals surface area contributed by atoms with Crippen molar-refractivity contribution in [3.05, 3.63) is 59.9 Å². The van der Waals surface area contributed by atoms with Gasteiger partial charge in [0.1, 0.15) is 5.82 Å². The summed E-state index contributed by atoms with van der Waals surface area (Å²) in [4.78, 5) is 21.5. The molecule has 25 heavy (non-hydrogen) atoms. The molecule has 2 aliphatic rings. The molecular formula is C19H19BrFN3O. The van der Waals surface area contributed by atoms with Crippen LogP contribution < -0.4 is 9.80 Å². The third kappa shape index (κ3) is 3.31. The predicted molar refractivity (Wildman–Crippen MR) is 104 cm³/mol. The number of guanidine groups is 1. The van der Waals surface area contributed by atoms with E-state index in [0.717, 1.165) is 43.3 Å². The minimum absolute atomic E-state index is 0. The zero-order valence-electron chi connectivity index (χ0n) is 13.7. The van der Waals surface area contributed by atoms with Crippen molar-refractivity contribution in [3.63, 3.8) is 0 Å². The number of para-hydroxylation sites is 2. The number of carbonyl (C=O) groups is 1. The maximum Gasteiger partial charge on any atom is 0.206 e. The molecule has 2 aliphatic heterocycles. The quantitative estimate of drug-likeness (QED) is 0.724. The zero-order chi connectivity index (χ0) is 16.5. The standard InChI is InChI=1S/C19H18FN3O.BrH/c20-15-9-7-14(8-10-15)18(24)13-23-17-6-2-1-5-16(17)22-12-4-3-11-21-19(22)23;/h1-2,5-10H,3-4,11-13H2;1H. The Morgan fingerprint density at radius 3 is 2.52 bits per heavy atom. The van der Waals surface area contributed by atoms with E-state index in [0.29, 0.717) is 5.56 Å². The fourth-order valence-corrected chi connectivity index (χ4v) is 3.26. The minimum atomic E-state index is -0.336. The molecule has 0 radical (unpaired) electrons. The number of fused-ring (bicyclic) bond motifs is 3. The van der Waals surface area contributed by atoms with Crippen LogP contribution in [-0.2, 0) is 0 Å². The van der Waals surface area contributed by atoms with Crippen LogP contribution in [0.2, 0.25) is 0 Å². The van der Waals surface area contributed by atoms with Gasteiger partial charge in [-0.3, -0.25) is 9.79 Å². The molecular weight excluding hydrogens is 385 g/mol. The van der Waals surface area contributed by atoms with Crippen LogP contribution in [-0.4, -0.2) is 31.4 Å². The van der Waals surface area contributed by atoms with E-state index in [-0.39, 0.29) is 35.1 Å². The summed E-state index contributed by atoms with van der Waals surface area (Å²) in [7, 11) is 0. The van der Waals surface area contributed by atoms with E-state index >= 15 is 0 Å². The normalized spacial score (nSPS) is 15.6. The number of rotatable bonds is 3. The molecule has 130 valence electrons. The molecule has 0 atom stereocenters. The van der Waals surface area contributed by atoms with Crippen molar-refractivity contribution in [2.24, 2.45) is 4.99 Å². The molecule has 0 N–H and O–H groups in total. The van der Waals surface area contributed by atoms with Gasteiger partial charge < -0.3 is 9.80 Å². The Kier molecular flexibility index (Phi) is 5.18. The van der Waals surface area contributed by atoms with Crippen molar-refractivity contribution in [1.82, 2.24) is 0 Å². The van der Waals surface area contributed by atoms with Gasteiger partial charge in [-0.25, -0.2) is 4.39 Å². The lowest BCUT2D eigenvalue weighted by Gasteiger charge is -2.21. The molecule has 0 bridgehead atoms. The van der Waals surface area contributed by atoms with Crippen molar-refractivity contribution < 1.29 is 9.18 Å². The Bertz CT molecular complexity index is 807. The first-order valence-electron chi connectivity index (χ1n) is 8.21. The summed E-state index contributed by atoms with van der Waals surface area (Å²) >= 11 is 0. The lowest BCUT2D eigenvalue weighted by molar-refractivity contribution is 0.100. The monoisotopic (exact) mass is 403 g/mol. The van der Waals surface area contributed by atoms with Gasteiger partial charge in [0.2, 0.25) is 5.96 Å². The summed E-state index contributed by atoms with van der Waals surface area (Å²) in [6.45, 7) is 1.90. The summed E-state index contributed by atoms with van der Waals surface area (Å²) in [5.74, 6) is 0.472. The summed E-state index contributed by atoms with van der Waals surface area (Å²) < 4.78 is 13.1. The van der Waals surface area contributed by atoms with Crippen LogP contribution >= 0.6 is 17.0 Å². The Morgan fingerprint density at radius 1 is 1.04 bits per heavy atom. The third-order valence-corrected chi connectivity index (χ3v) is 4.46. The van der Waals surface area contributed by atoms with Crippen LogP contribution in [0.3, 0.4) is 0 Å². The molecule has 2 aromatic rings. The van der Waals surface area contributed by atoms with E-state index in [1.165, 1.54) is 24.3 Å². The maximum atomic E-state index is 13.1. The summed E-state index contributed by atoms with van der Waals surface area (Å²) in [5.41, 5.74) is 2.63. The molecule has 0 unspecified atom stereocenters. The third-order valence-electron chi connectivity index (χ3n) is 4.46. The average molecular weight is 404 g/mol. The highest BCUT2D eigenvalue weighted by atomic mass is 79.9. The van der Waals surface area contributed by atoms with Gasteiger partial charge >= 0.3 is 0 Å². The molecule has 4 rings (SSSR count). The molecule has 2 heterocycles. The highest BCUT2D eigenvalue weighted by Crippen LogP contribution is 2.38. The number of ketones is 1. The van der Waals surface area contributed by atoms with Crippen LogP contribution in [0.5, 0.6) is 0 Å². The van der Waals surface area contributed by atoms with E-state index in [9.17, 15) is 9.18 Å². The molecule has 0 saturated carbocycles. The number of nitrogens with zero attached hydrogens (tertiary/aromatic N) is 3. The van der Waals surface area contributed by atoms with Gasteiger partial charge in [0.25, 0.3) is 0 Å². The zero-order valence-corrected chi connectivity index (χ0v) is 15.4. The van der Waals surface area contributed by atoms with Crippen molar-refractivity contribution in [1.29, 1.82) is 0 Å². The van der Waals surface area contributed by atoms with Crippen molar-refractivity contribution in [2.75, 3.05) is 29.4 Å². The largest absolute Gasteiger partial charge is 0.310 e. The molecule has 0 saturated heterocycles. The Hall–Kier alpha value is -2.21. The Labute approximate surface area is 156 Å². The number of benzene rings is 2. The summed E-state index contributed by atoms with van der Waals surface area (Å²) in [5, 5.41) is 0. The van der Waals surface area contributed by atoms with Crippen molar-refractivity contribution in [2.45, 2.75) is 12.8 Å². The molecule has 6 heteroatoms. The van der Waals surface area contributed by atoms with Gasteiger partial charge in [-0.2, -0.15) is 0 Å². The van der Waals surface area contributed by atoms with E-state index in [2.05, 4.69) is 11.0 Å². The van der Waals surface area contributed by atoms with Crippen molar-refractivity contribution in [3.8, 4) is 0 Å². The second kappa shape index (κ2) is 7.35. The van der Waals surface area contributed by atoms with Crippen LogP contribution in [0.15, 0.2) is 53.5 Å². The highest BCUT2D eigenvalue weighted by Gasteiger charge is 2.34. The minimum Gasteiger partial charge on any atom is -0.310 e. The molecule has 0 amide bonds. The fourth-order valence-electron chi connectivity index (χ4n) is 3.26. The lowest BCUT2D eigenvalue weighted by Crippen LogP contribution is -2.41. The molecule has 0 aromatic heterocycles. The van der Waals surface area contributed by atoms with Gasteiger partial charge in [-0.05, 0) is 49.2 Å². The maximum absolute atomic E-state index is 13.1. The Balaban J connectivity index is 0.00000182. The number of hydrogen-bond donors (Lipinski definition) is 0. The highest BCUT2D eigenvalue weighted by molar-refractivity contribution is 8.93. The summed E-state index contributed by atoms with van der Waals surface area (Å²) in [6.07, 6.45) is 2.14. The molecule has 0 spiro atoms. The average Bonchev–Trinajstić information content (AvgIpc) is 2.76. The molecule has 0 fully saturated rings. The molecule has 4 nitrogen and oxygen atoms in total.